The van der Waals surface area contributed by atoms with Crippen molar-refractivity contribution in [1.29, 1.82) is 0 Å². The fourth-order valence-electron chi connectivity index (χ4n) is 3.52. The number of benzene rings is 2. The Morgan fingerprint density at radius 2 is 1.71 bits per heavy atom. The summed E-state index contributed by atoms with van der Waals surface area (Å²) in [6, 6.07) is 17.9. The summed E-state index contributed by atoms with van der Waals surface area (Å²) in [5, 5.41) is 3.01. The molecule has 1 aromatic heterocycles. The minimum Gasteiger partial charge on any atom is -0.340 e. The zero-order chi connectivity index (χ0) is 19.3. The Morgan fingerprint density at radius 3 is 2.43 bits per heavy atom. The van der Waals surface area contributed by atoms with Gasteiger partial charge in [-0.25, -0.2) is 9.97 Å². The van der Waals surface area contributed by atoms with Crippen molar-refractivity contribution in [3.63, 3.8) is 0 Å². The van der Waals surface area contributed by atoms with Crippen LogP contribution in [0.4, 0.5) is 11.6 Å². The fraction of sp³-hybridized carbons (Fsp3) is 0.261. The van der Waals surface area contributed by atoms with Gasteiger partial charge in [0.05, 0.1) is 5.92 Å². The molecule has 5 heteroatoms. The number of nitrogens with zero attached hydrogens (tertiary/aromatic N) is 3. The van der Waals surface area contributed by atoms with Crippen LogP contribution in [0.15, 0.2) is 67.0 Å². The van der Waals surface area contributed by atoms with Gasteiger partial charge in [-0.3, -0.25) is 4.79 Å². The maximum absolute atomic E-state index is 12.6. The molecule has 1 amide bonds. The number of anilines is 2. The molecule has 1 saturated heterocycles. The lowest BCUT2D eigenvalue weighted by Crippen LogP contribution is -2.41. The van der Waals surface area contributed by atoms with Crippen LogP contribution >= 0.6 is 0 Å². The molecule has 1 aliphatic heterocycles. The van der Waals surface area contributed by atoms with Crippen molar-refractivity contribution in [1.82, 2.24) is 9.97 Å². The molecule has 2 aromatic carbocycles. The minimum absolute atomic E-state index is 0.0608. The highest BCUT2D eigenvalue weighted by Crippen LogP contribution is 2.24. The zero-order valence-electron chi connectivity index (χ0n) is 16.0. The van der Waals surface area contributed by atoms with Crippen molar-refractivity contribution >= 4 is 17.5 Å². The molecule has 1 N–H and O–H groups in total. The van der Waals surface area contributed by atoms with E-state index in [1.54, 1.807) is 0 Å². The topological polar surface area (TPSA) is 58.1 Å². The van der Waals surface area contributed by atoms with Gasteiger partial charge in [-0.2, -0.15) is 0 Å². The second-order valence-corrected chi connectivity index (χ2v) is 7.28. The molecule has 1 atom stereocenters. The average molecular weight is 372 g/mol. The van der Waals surface area contributed by atoms with Gasteiger partial charge in [0.25, 0.3) is 0 Å². The van der Waals surface area contributed by atoms with Crippen molar-refractivity contribution in [3.05, 3.63) is 72.6 Å². The number of carbonyl (C=O) groups is 1. The summed E-state index contributed by atoms with van der Waals surface area (Å²) in [4.78, 5) is 23.9. The average Bonchev–Trinajstić information content (AvgIpc) is 2.75. The standard InChI is InChI=1S/C23H24N4O/c1-17-9-11-18(12-10-17)20-14-24-23(25-15-20)27-13-5-6-19(16-27)22(28)26-21-7-3-2-4-8-21/h2-4,7-12,14-15,19H,5-6,13,16H2,1H3,(H,26,28)/t19-/m0/s1. The van der Waals surface area contributed by atoms with E-state index >= 15 is 0 Å². The highest BCUT2D eigenvalue weighted by atomic mass is 16.1. The van der Waals surface area contributed by atoms with Gasteiger partial charge in [0, 0.05) is 36.7 Å². The molecule has 1 fully saturated rings. The summed E-state index contributed by atoms with van der Waals surface area (Å²) >= 11 is 0. The van der Waals surface area contributed by atoms with Crippen molar-refractivity contribution in [2.24, 2.45) is 5.92 Å². The van der Waals surface area contributed by atoms with E-state index in [4.69, 9.17) is 0 Å². The molecule has 142 valence electrons. The SMILES string of the molecule is Cc1ccc(-c2cnc(N3CCC[C@H](C(=O)Nc4ccccc4)C3)nc2)cc1. The Hall–Kier alpha value is -3.21. The van der Waals surface area contributed by atoms with Gasteiger partial charge in [-0.05, 0) is 37.5 Å². The van der Waals surface area contributed by atoms with E-state index in [0.717, 1.165) is 36.2 Å². The van der Waals surface area contributed by atoms with Crippen LogP contribution in [0, 0.1) is 12.8 Å². The summed E-state index contributed by atoms with van der Waals surface area (Å²) in [6.07, 6.45) is 5.56. The van der Waals surface area contributed by atoms with Gasteiger partial charge in [0.15, 0.2) is 0 Å². The molecular weight excluding hydrogens is 348 g/mol. The maximum atomic E-state index is 12.6. The van der Waals surface area contributed by atoms with Crippen LogP contribution in [0.3, 0.4) is 0 Å². The molecule has 0 radical (unpaired) electrons. The van der Waals surface area contributed by atoms with E-state index in [1.807, 2.05) is 42.7 Å². The van der Waals surface area contributed by atoms with Crippen LogP contribution in [0.5, 0.6) is 0 Å². The molecule has 1 aliphatic rings. The highest BCUT2D eigenvalue weighted by molar-refractivity contribution is 5.93. The number of hydrogen-bond donors (Lipinski definition) is 1. The van der Waals surface area contributed by atoms with Gasteiger partial charge < -0.3 is 10.2 Å². The highest BCUT2D eigenvalue weighted by Gasteiger charge is 2.27. The Labute approximate surface area is 165 Å². The number of aromatic nitrogens is 2. The lowest BCUT2D eigenvalue weighted by molar-refractivity contribution is -0.120. The van der Waals surface area contributed by atoms with Crippen LogP contribution in [0.2, 0.25) is 0 Å². The zero-order valence-corrected chi connectivity index (χ0v) is 16.0. The number of rotatable bonds is 4. The summed E-state index contributed by atoms with van der Waals surface area (Å²) in [5.74, 6) is 0.689. The van der Waals surface area contributed by atoms with Gasteiger partial charge in [-0.1, -0.05) is 48.0 Å². The smallest absolute Gasteiger partial charge is 0.229 e. The predicted molar refractivity (Wildman–Crippen MR) is 112 cm³/mol. The molecule has 0 spiro atoms. The lowest BCUT2D eigenvalue weighted by atomic mass is 9.97. The molecule has 2 heterocycles. The number of amides is 1. The Morgan fingerprint density at radius 1 is 1.00 bits per heavy atom. The number of para-hydroxylation sites is 1. The number of piperidine rings is 1. The molecule has 4 rings (SSSR count). The molecule has 0 bridgehead atoms. The molecule has 0 saturated carbocycles. The summed E-state index contributed by atoms with van der Waals surface area (Å²) in [6.45, 7) is 3.59. The van der Waals surface area contributed by atoms with E-state index in [0.29, 0.717) is 12.5 Å². The first-order valence-electron chi connectivity index (χ1n) is 9.69. The second kappa shape index (κ2) is 8.21. The quantitative estimate of drug-likeness (QED) is 0.741. The maximum Gasteiger partial charge on any atom is 0.229 e. The van der Waals surface area contributed by atoms with E-state index in [9.17, 15) is 4.79 Å². The van der Waals surface area contributed by atoms with Crippen molar-refractivity contribution in [2.75, 3.05) is 23.3 Å². The Balaban J connectivity index is 1.42. The fourth-order valence-corrected chi connectivity index (χ4v) is 3.52. The first kappa shape index (κ1) is 18.2. The van der Waals surface area contributed by atoms with Crippen LogP contribution < -0.4 is 10.2 Å². The normalized spacial score (nSPS) is 16.6. The predicted octanol–water partition coefficient (Wildman–Crippen LogP) is 4.31. The van der Waals surface area contributed by atoms with Gasteiger partial charge >= 0.3 is 0 Å². The lowest BCUT2D eigenvalue weighted by Gasteiger charge is -2.32. The number of hydrogen-bond acceptors (Lipinski definition) is 4. The second-order valence-electron chi connectivity index (χ2n) is 7.28. The first-order valence-corrected chi connectivity index (χ1v) is 9.69. The van der Waals surface area contributed by atoms with Gasteiger partial charge in [0.1, 0.15) is 0 Å². The third-order valence-corrected chi connectivity index (χ3v) is 5.14. The van der Waals surface area contributed by atoms with Crippen molar-refractivity contribution in [3.8, 4) is 11.1 Å². The molecule has 5 nitrogen and oxygen atoms in total. The summed E-state index contributed by atoms with van der Waals surface area (Å²) in [7, 11) is 0. The van der Waals surface area contributed by atoms with E-state index in [2.05, 4.69) is 51.4 Å². The molecule has 28 heavy (non-hydrogen) atoms. The van der Waals surface area contributed by atoms with Crippen LogP contribution in [-0.4, -0.2) is 29.0 Å². The van der Waals surface area contributed by atoms with E-state index in [1.165, 1.54) is 5.56 Å². The largest absolute Gasteiger partial charge is 0.340 e. The van der Waals surface area contributed by atoms with Crippen molar-refractivity contribution in [2.45, 2.75) is 19.8 Å². The van der Waals surface area contributed by atoms with Crippen molar-refractivity contribution < 1.29 is 4.79 Å². The summed E-state index contributed by atoms with van der Waals surface area (Å²) < 4.78 is 0. The third-order valence-electron chi connectivity index (χ3n) is 5.14. The first-order chi connectivity index (χ1) is 13.7. The molecule has 3 aromatic rings. The Bertz CT molecular complexity index is 923. The van der Waals surface area contributed by atoms with Crippen LogP contribution in [0.25, 0.3) is 11.1 Å². The van der Waals surface area contributed by atoms with Gasteiger partial charge in [-0.15, -0.1) is 0 Å². The van der Waals surface area contributed by atoms with Crippen LogP contribution in [-0.2, 0) is 4.79 Å². The van der Waals surface area contributed by atoms with E-state index < -0.39 is 0 Å². The van der Waals surface area contributed by atoms with Crippen LogP contribution in [0.1, 0.15) is 18.4 Å². The number of nitrogens with one attached hydrogen (secondary N) is 1. The van der Waals surface area contributed by atoms with Gasteiger partial charge in [0.2, 0.25) is 11.9 Å². The molecule has 0 unspecified atom stereocenters. The van der Waals surface area contributed by atoms with E-state index in [-0.39, 0.29) is 11.8 Å². The third kappa shape index (κ3) is 4.19. The Kier molecular flexibility index (Phi) is 5.33. The number of carbonyl (C=O) groups excluding carboxylic acids is 1. The number of aryl methyl sites for hydroxylation is 1. The monoisotopic (exact) mass is 372 g/mol. The minimum atomic E-state index is -0.0608. The molecular formula is C23H24N4O. The molecule has 0 aliphatic carbocycles. The summed E-state index contributed by atoms with van der Waals surface area (Å²) in [5.41, 5.74) is 4.17.